The lowest BCUT2D eigenvalue weighted by Crippen LogP contribution is -2.08. The fourth-order valence-corrected chi connectivity index (χ4v) is 1.28. The van der Waals surface area contributed by atoms with Crippen molar-refractivity contribution in [3.63, 3.8) is 0 Å². The van der Waals surface area contributed by atoms with Crippen molar-refractivity contribution < 1.29 is 9.90 Å². The molecule has 0 saturated carbocycles. The van der Waals surface area contributed by atoms with E-state index in [-0.39, 0.29) is 5.56 Å². The number of aryl methyl sites for hydroxylation is 2. The Morgan fingerprint density at radius 3 is 2.77 bits per heavy atom. The molecular weight excluding hydrogens is 170 g/mol. The maximum Gasteiger partial charge on any atom is 0.341 e. The van der Waals surface area contributed by atoms with Gasteiger partial charge in [-0.05, 0) is 13.8 Å². The summed E-state index contributed by atoms with van der Waals surface area (Å²) in [6.07, 6.45) is 0. The van der Waals surface area contributed by atoms with Crippen molar-refractivity contribution in [2.45, 2.75) is 13.8 Å². The Morgan fingerprint density at radius 2 is 2.31 bits per heavy atom. The molecule has 5 heteroatoms. The van der Waals surface area contributed by atoms with Gasteiger partial charge in [0.15, 0.2) is 0 Å². The molecule has 0 bridgehead atoms. The highest BCUT2D eigenvalue weighted by molar-refractivity contribution is 5.94. The van der Waals surface area contributed by atoms with Gasteiger partial charge in [-0.1, -0.05) is 0 Å². The van der Waals surface area contributed by atoms with E-state index >= 15 is 0 Å². The fraction of sp³-hybridized carbons (Fsp3) is 0.500. The van der Waals surface area contributed by atoms with Gasteiger partial charge in [-0.2, -0.15) is 5.10 Å². The lowest BCUT2D eigenvalue weighted by molar-refractivity contribution is 0.0697. The second-order valence-corrected chi connectivity index (χ2v) is 2.77. The van der Waals surface area contributed by atoms with Gasteiger partial charge >= 0.3 is 5.97 Å². The third-order valence-corrected chi connectivity index (χ3v) is 1.78. The topological polar surface area (TPSA) is 67.2 Å². The number of carboxylic acid groups (broad SMARTS) is 1. The molecule has 0 amide bonds. The summed E-state index contributed by atoms with van der Waals surface area (Å²) >= 11 is 0. The predicted molar refractivity (Wildman–Crippen MR) is 49.1 cm³/mol. The van der Waals surface area contributed by atoms with Crippen molar-refractivity contribution in [2.24, 2.45) is 7.05 Å². The third kappa shape index (κ3) is 1.63. The molecule has 0 aliphatic rings. The monoisotopic (exact) mass is 183 g/mol. The summed E-state index contributed by atoms with van der Waals surface area (Å²) in [5, 5.41) is 15.9. The minimum absolute atomic E-state index is 0.254. The Kier molecular flexibility index (Phi) is 2.55. The van der Waals surface area contributed by atoms with Crippen LogP contribution in [0.25, 0.3) is 0 Å². The van der Waals surface area contributed by atoms with Gasteiger partial charge < -0.3 is 10.4 Å². The highest BCUT2D eigenvalue weighted by Gasteiger charge is 2.18. The molecule has 0 atom stereocenters. The van der Waals surface area contributed by atoms with Crippen LogP contribution in [0.5, 0.6) is 0 Å². The molecule has 0 aliphatic heterocycles. The largest absolute Gasteiger partial charge is 0.477 e. The Balaban J connectivity index is 3.20. The van der Waals surface area contributed by atoms with Crippen molar-refractivity contribution in [1.29, 1.82) is 0 Å². The Labute approximate surface area is 76.4 Å². The normalized spacial score (nSPS) is 10.1. The molecule has 1 heterocycles. The van der Waals surface area contributed by atoms with E-state index in [2.05, 4.69) is 10.4 Å². The van der Waals surface area contributed by atoms with Gasteiger partial charge in [-0.25, -0.2) is 4.79 Å². The predicted octanol–water partition coefficient (Wildman–Crippen LogP) is 0.859. The number of aromatic nitrogens is 2. The first-order valence-electron chi connectivity index (χ1n) is 4.08. The van der Waals surface area contributed by atoms with Crippen LogP contribution in [0.15, 0.2) is 0 Å². The van der Waals surface area contributed by atoms with Crippen LogP contribution >= 0.6 is 0 Å². The number of carboxylic acids is 1. The molecule has 0 unspecified atom stereocenters. The summed E-state index contributed by atoms with van der Waals surface area (Å²) in [6.45, 7) is 4.28. The van der Waals surface area contributed by atoms with E-state index in [1.54, 1.807) is 18.7 Å². The molecule has 1 rings (SSSR count). The number of hydrogen-bond acceptors (Lipinski definition) is 3. The number of anilines is 1. The molecule has 13 heavy (non-hydrogen) atoms. The Hall–Kier alpha value is -1.52. The molecule has 0 aliphatic carbocycles. The van der Waals surface area contributed by atoms with Crippen molar-refractivity contribution in [3.8, 4) is 0 Å². The highest BCUT2D eigenvalue weighted by Crippen LogP contribution is 2.17. The molecule has 0 spiro atoms. The van der Waals surface area contributed by atoms with Gasteiger partial charge in [-0.3, -0.25) is 4.68 Å². The SMILES string of the molecule is CCNc1c(C(=O)O)c(C)nn1C. The van der Waals surface area contributed by atoms with Crippen LogP contribution < -0.4 is 5.32 Å². The van der Waals surface area contributed by atoms with Crippen molar-refractivity contribution in [3.05, 3.63) is 11.3 Å². The maximum atomic E-state index is 10.8. The number of nitrogens with one attached hydrogen (secondary N) is 1. The second-order valence-electron chi connectivity index (χ2n) is 2.77. The zero-order valence-corrected chi connectivity index (χ0v) is 7.96. The molecule has 2 N–H and O–H groups in total. The summed E-state index contributed by atoms with van der Waals surface area (Å²) in [5.41, 5.74) is 0.787. The number of rotatable bonds is 3. The lowest BCUT2D eigenvalue weighted by atomic mass is 10.2. The summed E-state index contributed by atoms with van der Waals surface area (Å²) in [6, 6.07) is 0. The number of nitrogens with zero attached hydrogens (tertiary/aromatic N) is 2. The Morgan fingerprint density at radius 1 is 1.69 bits per heavy atom. The van der Waals surface area contributed by atoms with Gasteiger partial charge in [0, 0.05) is 13.6 Å². The average Bonchev–Trinajstić information content (AvgIpc) is 2.27. The fourth-order valence-electron chi connectivity index (χ4n) is 1.28. The smallest absolute Gasteiger partial charge is 0.341 e. The minimum atomic E-state index is -0.943. The first-order valence-corrected chi connectivity index (χ1v) is 4.08. The zero-order chi connectivity index (χ0) is 10.0. The number of carbonyl (C=O) groups is 1. The molecule has 0 fully saturated rings. The van der Waals surface area contributed by atoms with Gasteiger partial charge in [0.25, 0.3) is 0 Å². The van der Waals surface area contributed by atoms with E-state index in [0.29, 0.717) is 18.1 Å². The standard InChI is InChI=1S/C8H13N3O2/c1-4-9-7-6(8(12)13)5(2)10-11(7)3/h9H,4H2,1-3H3,(H,12,13). The summed E-state index contributed by atoms with van der Waals surface area (Å²) in [5.74, 6) is -0.381. The molecule has 5 nitrogen and oxygen atoms in total. The van der Waals surface area contributed by atoms with Crippen molar-refractivity contribution >= 4 is 11.8 Å². The van der Waals surface area contributed by atoms with Crippen LogP contribution in [0.2, 0.25) is 0 Å². The molecule has 0 aromatic carbocycles. The number of hydrogen-bond donors (Lipinski definition) is 2. The summed E-state index contributed by atoms with van der Waals surface area (Å²) in [7, 11) is 1.72. The molecule has 72 valence electrons. The zero-order valence-electron chi connectivity index (χ0n) is 7.96. The van der Waals surface area contributed by atoms with Crippen LogP contribution in [0.3, 0.4) is 0 Å². The van der Waals surface area contributed by atoms with Crippen molar-refractivity contribution in [2.75, 3.05) is 11.9 Å². The highest BCUT2D eigenvalue weighted by atomic mass is 16.4. The van der Waals surface area contributed by atoms with Crippen LogP contribution in [-0.4, -0.2) is 27.4 Å². The molecule has 1 aromatic rings. The molecular formula is C8H13N3O2. The van der Waals surface area contributed by atoms with E-state index in [9.17, 15) is 4.79 Å². The van der Waals surface area contributed by atoms with E-state index in [4.69, 9.17) is 5.11 Å². The molecule has 0 saturated heterocycles. The van der Waals surface area contributed by atoms with E-state index in [0.717, 1.165) is 0 Å². The summed E-state index contributed by atoms with van der Waals surface area (Å²) < 4.78 is 1.54. The van der Waals surface area contributed by atoms with Crippen LogP contribution in [-0.2, 0) is 7.05 Å². The molecule has 1 aromatic heterocycles. The number of aromatic carboxylic acids is 1. The third-order valence-electron chi connectivity index (χ3n) is 1.78. The van der Waals surface area contributed by atoms with Gasteiger partial charge in [-0.15, -0.1) is 0 Å². The van der Waals surface area contributed by atoms with Crippen molar-refractivity contribution in [1.82, 2.24) is 9.78 Å². The van der Waals surface area contributed by atoms with E-state index < -0.39 is 5.97 Å². The lowest BCUT2D eigenvalue weighted by Gasteiger charge is -2.03. The van der Waals surface area contributed by atoms with Crippen LogP contribution in [0.4, 0.5) is 5.82 Å². The van der Waals surface area contributed by atoms with Gasteiger partial charge in [0.1, 0.15) is 11.4 Å². The summed E-state index contributed by atoms with van der Waals surface area (Å²) in [4.78, 5) is 10.8. The molecule has 0 radical (unpaired) electrons. The van der Waals surface area contributed by atoms with Crippen LogP contribution in [0.1, 0.15) is 23.0 Å². The van der Waals surface area contributed by atoms with E-state index in [1.807, 2.05) is 6.92 Å². The van der Waals surface area contributed by atoms with Gasteiger partial charge in [0.05, 0.1) is 5.69 Å². The maximum absolute atomic E-state index is 10.8. The van der Waals surface area contributed by atoms with E-state index in [1.165, 1.54) is 0 Å². The Bertz CT molecular complexity index is 330. The first kappa shape index (κ1) is 9.57. The minimum Gasteiger partial charge on any atom is -0.477 e. The quantitative estimate of drug-likeness (QED) is 0.729. The van der Waals surface area contributed by atoms with Gasteiger partial charge in [0.2, 0.25) is 0 Å². The second kappa shape index (κ2) is 3.47. The average molecular weight is 183 g/mol. The first-order chi connectivity index (χ1) is 6.07. The van der Waals surface area contributed by atoms with Crippen LogP contribution in [0, 0.1) is 6.92 Å².